The van der Waals surface area contributed by atoms with Crippen LogP contribution < -0.4 is 5.73 Å². The summed E-state index contributed by atoms with van der Waals surface area (Å²) in [7, 11) is -1.73. The predicted octanol–water partition coefficient (Wildman–Crippen LogP) is 1.48. The summed E-state index contributed by atoms with van der Waals surface area (Å²) in [5, 5.41) is 0.120. The maximum atomic E-state index is 12.6. The minimum absolute atomic E-state index is 0.120. The Hall–Kier alpha value is -2.19. The maximum absolute atomic E-state index is 12.6. The number of rotatable bonds is 7. The number of primary amides is 1. The fourth-order valence-corrected chi connectivity index (χ4v) is 4.89. The molecule has 27 heavy (non-hydrogen) atoms. The lowest BCUT2D eigenvalue weighted by Crippen LogP contribution is -2.39. The number of imidazole rings is 1. The SMILES string of the molecule is Cn1cnc(S(=O)(=O)N2CCC(Cc3ccc(CCC(N)=O)cc3)CC2)c1. The van der Waals surface area contributed by atoms with Crippen molar-refractivity contribution in [3.05, 3.63) is 47.9 Å². The van der Waals surface area contributed by atoms with Crippen molar-refractivity contribution in [2.24, 2.45) is 18.7 Å². The number of benzene rings is 1. The van der Waals surface area contributed by atoms with E-state index in [1.54, 1.807) is 22.1 Å². The number of nitrogens with zero attached hydrogens (tertiary/aromatic N) is 3. The zero-order chi connectivity index (χ0) is 19.4. The zero-order valence-corrected chi connectivity index (χ0v) is 16.4. The topological polar surface area (TPSA) is 98.3 Å². The van der Waals surface area contributed by atoms with Gasteiger partial charge in [-0.25, -0.2) is 13.4 Å². The van der Waals surface area contributed by atoms with Crippen molar-refractivity contribution in [3.8, 4) is 0 Å². The normalized spacial score (nSPS) is 16.5. The molecule has 8 heteroatoms. The molecule has 2 heterocycles. The number of aryl methyl sites for hydroxylation is 2. The Morgan fingerprint density at radius 2 is 1.81 bits per heavy atom. The third-order valence-corrected chi connectivity index (χ3v) is 6.85. The molecule has 1 aliphatic rings. The standard InChI is InChI=1S/C19H26N4O3S/c1-22-13-19(21-14-22)27(25,26)23-10-8-17(9-11-23)12-16-4-2-15(3-5-16)6-7-18(20)24/h2-5,13-14,17H,6-12H2,1H3,(H2,20,24). The molecule has 1 aromatic carbocycles. The monoisotopic (exact) mass is 390 g/mol. The summed E-state index contributed by atoms with van der Waals surface area (Å²) in [6.07, 6.45) is 6.70. The molecular formula is C19H26N4O3S. The molecule has 3 rings (SSSR count). The van der Waals surface area contributed by atoms with Gasteiger partial charge in [-0.15, -0.1) is 0 Å². The lowest BCUT2D eigenvalue weighted by atomic mass is 9.90. The van der Waals surface area contributed by atoms with Crippen molar-refractivity contribution in [1.82, 2.24) is 13.9 Å². The van der Waals surface area contributed by atoms with Crippen LogP contribution in [-0.4, -0.2) is 41.3 Å². The van der Waals surface area contributed by atoms with Gasteiger partial charge >= 0.3 is 0 Å². The van der Waals surface area contributed by atoms with Gasteiger partial charge in [0.25, 0.3) is 10.0 Å². The molecule has 0 atom stereocenters. The van der Waals surface area contributed by atoms with Crippen LogP contribution >= 0.6 is 0 Å². The predicted molar refractivity (Wildman–Crippen MR) is 102 cm³/mol. The van der Waals surface area contributed by atoms with Gasteiger partial charge in [0.2, 0.25) is 5.91 Å². The van der Waals surface area contributed by atoms with E-state index < -0.39 is 10.0 Å². The van der Waals surface area contributed by atoms with Crippen LogP contribution in [0.25, 0.3) is 0 Å². The van der Waals surface area contributed by atoms with Crippen LogP contribution in [0.3, 0.4) is 0 Å². The fourth-order valence-electron chi connectivity index (χ4n) is 3.45. The minimum Gasteiger partial charge on any atom is -0.370 e. The number of hydrogen-bond acceptors (Lipinski definition) is 4. The van der Waals surface area contributed by atoms with E-state index in [-0.39, 0.29) is 10.9 Å². The van der Waals surface area contributed by atoms with Crippen LogP contribution in [0.4, 0.5) is 0 Å². The van der Waals surface area contributed by atoms with Crippen LogP contribution in [-0.2, 0) is 34.7 Å². The van der Waals surface area contributed by atoms with Gasteiger partial charge in [-0.1, -0.05) is 24.3 Å². The second-order valence-electron chi connectivity index (χ2n) is 7.21. The van der Waals surface area contributed by atoms with Crippen molar-refractivity contribution < 1.29 is 13.2 Å². The lowest BCUT2D eigenvalue weighted by Gasteiger charge is -2.30. The van der Waals surface area contributed by atoms with E-state index in [0.717, 1.165) is 24.8 Å². The zero-order valence-electron chi connectivity index (χ0n) is 15.5. The Morgan fingerprint density at radius 1 is 1.19 bits per heavy atom. The van der Waals surface area contributed by atoms with Crippen molar-refractivity contribution in [1.29, 1.82) is 0 Å². The van der Waals surface area contributed by atoms with Gasteiger partial charge < -0.3 is 10.3 Å². The minimum atomic E-state index is -3.49. The highest BCUT2D eigenvalue weighted by Gasteiger charge is 2.30. The molecule has 2 N–H and O–H groups in total. The van der Waals surface area contributed by atoms with E-state index in [0.29, 0.717) is 31.8 Å². The van der Waals surface area contributed by atoms with Crippen molar-refractivity contribution >= 4 is 15.9 Å². The number of hydrogen-bond donors (Lipinski definition) is 1. The van der Waals surface area contributed by atoms with Crippen molar-refractivity contribution in [2.45, 2.75) is 37.1 Å². The largest absolute Gasteiger partial charge is 0.370 e. The number of aromatic nitrogens is 2. The van der Waals surface area contributed by atoms with Gasteiger partial charge in [0.05, 0.1) is 6.33 Å². The smallest absolute Gasteiger partial charge is 0.262 e. The van der Waals surface area contributed by atoms with Crippen LogP contribution in [0.15, 0.2) is 41.8 Å². The average Bonchev–Trinajstić information content (AvgIpc) is 3.09. The molecule has 0 unspecified atom stereocenters. The highest BCUT2D eigenvalue weighted by atomic mass is 32.2. The number of nitrogens with two attached hydrogens (primary N) is 1. The summed E-state index contributed by atoms with van der Waals surface area (Å²) in [6, 6.07) is 8.26. The second kappa shape index (κ2) is 8.22. The van der Waals surface area contributed by atoms with E-state index in [9.17, 15) is 13.2 Å². The van der Waals surface area contributed by atoms with E-state index >= 15 is 0 Å². The number of amides is 1. The van der Waals surface area contributed by atoms with Crippen LogP contribution in [0.1, 0.15) is 30.4 Å². The number of piperidine rings is 1. The Labute approximate surface area is 160 Å². The summed E-state index contributed by atoms with van der Waals surface area (Å²) in [6.45, 7) is 1.06. The van der Waals surface area contributed by atoms with E-state index in [4.69, 9.17) is 5.73 Å². The van der Waals surface area contributed by atoms with E-state index in [1.165, 1.54) is 11.9 Å². The summed E-state index contributed by atoms with van der Waals surface area (Å²) < 4.78 is 28.4. The highest BCUT2D eigenvalue weighted by Crippen LogP contribution is 2.25. The molecule has 1 aromatic heterocycles. The molecule has 2 aromatic rings. The Kier molecular flexibility index (Phi) is 5.96. The Balaban J connectivity index is 1.53. The molecule has 0 saturated carbocycles. The molecule has 0 spiro atoms. The summed E-state index contributed by atoms with van der Waals surface area (Å²) in [5.41, 5.74) is 7.53. The Bertz CT molecular complexity index is 882. The quantitative estimate of drug-likeness (QED) is 0.774. The molecule has 0 bridgehead atoms. The van der Waals surface area contributed by atoms with Crippen LogP contribution in [0.5, 0.6) is 0 Å². The number of carbonyl (C=O) groups is 1. The number of sulfonamides is 1. The van der Waals surface area contributed by atoms with Gasteiger partial charge in [0, 0.05) is 32.8 Å². The number of carbonyl (C=O) groups excluding carboxylic acids is 1. The molecule has 1 amide bonds. The fraction of sp³-hybridized carbons (Fsp3) is 0.474. The van der Waals surface area contributed by atoms with E-state index in [2.05, 4.69) is 17.1 Å². The first-order valence-corrected chi connectivity index (χ1v) is 10.6. The van der Waals surface area contributed by atoms with E-state index in [1.807, 2.05) is 12.1 Å². The summed E-state index contributed by atoms with van der Waals surface area (Å²) in [4.78, 5) is 14.8. The Morgan fingerprint density at radius 3 is 2.37 bits per heavy atom. The lowest BCUT2D eigenvalue weighted by molar-refractivity contribution is -0.117. The van der Waals surface area contributed by atoms with Gasteiger partial charge in [-0.3, -0.25) is 4.79 Å². The second-order valence-corrected chi connectivity index (χ2v) is 9.10. The summed E-state index contributed by atoms with van der Waals surface area (Å²) in [5.74, 6) is 0.183. The molecule has 146 valence electrons. The van der Waals surface area contributed by atoms with Crippen molar-refractivity contribution in [3.63, 3.8) is 0 Å². The van der Waals surface area contributed by atoms with Gasteiger partial charge in [-0.05, 0) is 42.7 Å². The molecule has 1 fully saturated rings. The maximum Gasteiger partial charge on any atom is 0.262 e. The third kappa shape index (κ3) is 4.95. The summed E-state index contributed by atoms with van der Waals surface area (Å²) >= 11 is 0. The van der Waals surface area contributed by atoms with Crippen LogP contribution in [0, 0.1) is 5.92 Å². The van der Waals surface area contributed by atoms with Gasteiger partial charge in [-0.2, -0.15) is 4.31 Å². The van der Waals surface area contributed by atoms with Crippen molar-refractivity contribution in [2.75, 3.05) is 13.1 Å². The average molecular weight is 391 g/mol. The van der Waals surface area contributed by atoms with Gasteiger partial charge in [0.1, 0.15) is 0 Å². The van der Waals surface area contributed by atoms with Crippen LogP contribution in [0.2, 0.25) is 0 Å². The first-order chi connectivity index (χ1) is 12.8. The van der Waals surface area contributed by atoms with Gasteiger partial charge in [0.15, 0.2) is 5.03 Å². The molecule has 1 aliphatic heterocycles. The first kappa shape index (κ1) is 19.6. The molecule has 0 radical (unpaired) electrons. The highest BCUT2D eigenvalue weighted by molar-refractivity contribution is 7.89. The first-order valence-electron chi connectivity index (χ1n) is 9.19. The molecular weight excluding hydrogens is 364 g/mol. The molecule has 0 aliphatic carbocycles. The molecule has 1 saturated heterocycles. The molecule has 7 nitrogen and oxygen atoms in total. The third-order valence-electron chi connectivity index (χ3n) is 5.07.